The van der Waals surface area contributed by atoms with Crippen LogP contribution in [0, 0.1) is 0 Å². The van der Waals surface area contributed by atoms with E-state index in [1.165, 1.54) is 0 Å². The Morgan fingerprint density at radius 3 is 2.61 bits per heavy atom. The summed E-state index contributed by atoms with van der Waals surface area (Å²) in [6.45, 7) is 1.28. The van der Waals surface area contributed by atoms with Crippen molar-refractivity contribution in [1.29, 1.82) is 0 Å². The molecule has 8 heteroatoms. The molecule has 0 radical (unpaired) electrons. The average molecular weight is 402 g/mol. The molecule has 146 valence electrons. The Balaban J connectivity index is 1.74. The van der Waals surface area contributed by atoms with Gasteiger partial charge in [0.15, 0.2) is 0 Å². The molecular formula is C20H20ClN3O4. The summed E-state index contributed by atoms with van der Waals surface area (Å²) in [6, 6.07) is 9.13. The second-order valence-electron chi connectivity index (χ2n) is 6.75. The van der Waals surface area contributed by atoms with E-state index in [1.54, 1.807) is 18.3 Å². The quantitative estimate of drug-likeness (QED) is 0.764. The van der Waals surface area contributed by atoms with Gasteiger partial charge in [-0.1, -0.05) is 17.7 Å². The van der Waals surface area contributed by atoms with Gasteiger partial charge in [-0.25, -0.2) is 4.98 Å². The number of nitrogens with one attached hydrogen (secondary N) is 2. The molecule has 0 atom stereocenters. The average Bonchev–Trinajstić information content (AvgIpc) is 2.95. The predicted molar refractivity (Wildman–Crippen MR) is 103 cm³/mol. The molecular weight excluding hydrogens is 382 g/mol. The smallest absolute Gasteiger partial charge is 0.309 e. The number of esters is 2. The largest absolute Gasteiger partial charge is 0.416 e. The number of ether oxygens (including phenoxy) is 2. The number of rotatable bonds is 3. The molecule has 3 heterocycles. The number of benzene rings is 1. The lowest BCUT2D eigenvalue weighted by molar-refractivity contribution is -0.225. The van der Waals surface area contributed by atoms with Crippen molar-refractivity contribution in [2.75, 3.05) is 18.4 Å². The molecule has 1 aromatic heterocycles. The van der Waals surface area contributed by atoms with Crippen LogP contribution in [0.5, 0.6) is 0 Å². The van der Waals surface area contributed by atoms with Crippen molar-refractivity contribution >= 4 is 29.4 Å². The van der Waals surface area contributed by atoms with Crippen LogP contribution in [0.4, 0.5) is 5.82 Å². The topological polar surface area (TPSA) is 89.6 Å². The molecule has 1 saturated heterocycles. The van der Waals surface area contributed by atoms with E-state index in [2.05, 4.69) is 15.6 Å². The first kappa shape index (κ1) is 18.7. The summed E-state index contributed by atoms with van der Waals surface area (Å²) in [6.07, 6.45) is 2.39. The van der Waals surface area contributed by atoms with Gasteiger partial charge in [-0.2, -0.15) is 0 Å². The lowest BCUT2D eigenvalue weighted by Gasteiger charge is -2.32. The van der Waals surface area contributed by atoms with Crippen molar-refractivity contribution in [3.63, 3.8) is 0 Å². The molecule has 1 fully saturated rings. The third-order valence-corrected chi connectivity index (χ3v) is 5.25. The summed E-state index contributed by atoms with van der Waals surface area (Å²) in [5.41, 5.74) is 2.43. The van der Waals surface area contributed by atoms with Crippen LogP contribution in [-0.4, -0.2) is 30.0 Å². The molecule has 2 aliphatic heterocycles. The highest BCUT2D eigenvalue weighted by Gasteiger charge is 2.45. The number of carbonyl (C=O) groups excluding carboxylic acids is 2. The second-order valence-corrected chi connectivity index (χ2v) is 7.16. The summed E-state index contributed by atoms with van der Waals surface area (Å²) in [7, 11) is 0. The molecule has 2 aliphatic rings. The first-order valence-electron chi connectivity index (χ1n) is 9.17. The Bertz CT molecular complexity index is 886. The molecule has 2 aromatic rings. The number of hydrogen-bond donors (Lipinski definition) is 2. The summed E-state index contributed by atoms with van der Waals surface area (Å²) in [5.74, 6) is -1.65. The number of fused-ring (bicyclic) bond motifs is 2. The zero-order valence-electron chi connectivity index (χ0n) is 15.2. The van der Waals surface area contributed by atoms with Crippen LogP contribution in [0.3, 0.4) is 0 Å². The maximum atomic E-state index is 12.2. The van der Waals surface area contributed by atoms with E-state index >= 15 is 0 Å². The van der Waals surface area contributed by atoms with Crippen molar-refractivity contribution in [2.45, 2.75) is 31.6 Å². The molecule has 0 unspecified atom stereocenters. The van der Waals surface area contributed by atoms with Gasteiger partial charge in [0.05, 0.1) is 19.4 Å². The zero-order chi connectivity index (χ0) is 19.6. The van der Waals surface area contributed by atoms with Gasteiger partial charge in [-0.15, -0.1) is 0 Å². The van der Waals surface area contributed by atoms with Gasteiger partial charge in [0.2, 0.25) is 0 Å². The van der Waals surface area contributed by atoms with Crippen molar-refractivity contribution in [3.8, 4) is 0 Å². The predicted octanol–water partition coefficient (Wildman–Crippen LogP) is 2.53. The van der Waals surface area contributed by atoms with E-state index in [0.29, 0.717) is 30.1 Å². The van der Waals surface area contributed by atoms with Crippen molar-refractivity contribution < 1.29 is 19.1 Å². The Kier molecular flexibility index (Phi) is 5.19. The van der Waals surface area contributed by atoms with E-state index < -0.39 is 17.7 Å². The first-order chi connectivity index (χ1) is 13.6. The van der Waals surface area contributed by atoms with E-state index in [-0.39, 0.29) is 19.4 Å². The van der Waals surface area contributed by atoms with Crippen LogP contribution >= 0.6 is 11.6 Å². The van der Waals surface area contributed by atoms with Crippen LogP contribution in [0.15, 0.2) is 36.5 Å². The molecule has 4 rings (SSSR count). The van der Waals surface area contributed by atoms with Gasteiger partial charge in [0.1, 0.15) is 5.82 Å². The number of hydrogen-bond acceptors (Lipinski definition) is 7. The molecule has 28 heavy (non-hydrogen) atoms. The van der Waals surface area contributed by atoms with Crippen LogP contribution < -0.4 is 10.6 Å². The third kappa shape index (κ3) is 3.68. The minimum Gasteiger partial charge on any atom is -0.416 e. The third-order valence-electron chi connectivity index (χ3n) is 4.90. The van der Waals surface area contributed by atoms with Crippen molar-refractivity contribution in [2.24, 2.45) is 0 Å². The van der Waals surface area contributed by atoms with Gasteiger partial charge in [-0.05, 0) is 48.4 Å². The SMILES string of the molecule is O=C1CCC(=O)OC2(CNCCc3c2ccc(Cl)c3CNc2ccccn2)O1. The Morgan fingerprint density at radius 1 is 1.11 bits per heavy atom. The number of halogens is 1. The first-order valence-corrected chi connectivity index (χ1v) is 9.55. The van der Waals surface area contributed by atoms with Crippen LogP contribution in [0.2, 0.25) is 5.02 Å². The van der Waals surface area contributed by atoms with Crippen LogP contribution in [0.25, 0.3) is 0 Å². The maximum absolute atomic E-state index is 12.2. The summed E-state index contributed by atoms with van der Waals surface area (Å²) < 4.78 is 11.3. The zero-order valence-corrected chi connectivity index (χ0v) is 15.9. The highest BCUT2D eigenvalue weighted by molar-refractivity contribution is 6.31. The van der Waals surface area contributed by atoms with E-state index in [4.69, 9.17) is 21.1 Å². The Hall–Kier alpha value is -2.64. The number of nitrogens with zero attached hydrogens (tertiary/aromatic N) is 1. The van der Waals surface area contributed by atoms with Crippen molar-refractivity contribution in [3.05, 3.63) is 58.2 Å². The molecule has 7 nitrogen and oxygen atoms in total. The van der Waals surface area contributed by atoms with Gasteiger partial charge >= 0.3 is 11.9 Å². The lowest BCUT2D eigenvalue weighted by atomic mass is 9.93. The summed E-state index contributed by atoms with van der Waals surface area (Å²) in [4.78, 5) is 28.6. The Morgan fingerprint density at radius 2 is 1.89 bits per heavy atom. The van der Waals surface area contributed by atoms with E-state index in [0.717, 1.165) is 16.9 Å². The van der Waals surface area contributed by atoms with Crippen LogP contribution in [0.1, 0.15) is 29.5 Å². The monoisotopic (exact) mass is 401 g/mol. The van der Waals surface area contributed by atoms with Crippen LogP contribution in [-0.2, 0) is 37.8 Å². The fraction of sp³-hybridized carbons (Fsp3) is 0.350. The fourth-order valence-corrected chi connectivity index (χ4v) is 3.83. The van der Waals surface area contributed by atoms with Gasteiger partial charge in [-0.3, -0.25) is 9.59 Å². The minimum atomic E-state index is -1.47. The van der Waals surface area contributed by atoms with Gasteiger partial charge in [0.25, 0.3) is 5.79 Å². The second kappa shape index (κ2) is 7.77. The molecule has 0 amide bonds. The number of anilines is 1. The highest BCUT2D eigenvalue weighted by atomic mass is 35.5. The van der Waals surface area contributed by atoms with Gasteiger partial charge in [0, 0.05) is 23.3 Å². The molecule has 0 aliphatic carbocycles. The molecule has 0 saturated carbocycles. The molecule has 1 aromatic carbocycles. The number of carbonyl (C=O) groups is 2. The summed E-state index contributed by atoms with van der Waals surface area (Å²) in [5, 5.41) is 7.06. The molecule has 0 bridgehead atoms. The lowest BCUT2D eigenvalue weighted by Crippen LogP contribution is -2.43. The van der Waals surface area contributed by atoms with Crippen molar-refractivity contribution in [1.82, 2.24) is 10.3 Å². The summed E-state index contributed by atoms with van der Waals surface area (Å²) >= 11 is 6.50. The standard InChI is InChI=1S/C20H20ClN3O4/c21-16-5-4-15-13(14(16)11-24-17-3-1-2-9-23-17)8-10-22-12-20(15)27-18(25)6-7-19(26)28-20/h1-5,9,22H,6-8,10-12H2,(H,23,24). The fourth-order valence-electron chi connectivity index (χ4n) is 3.58. The molecule has 1 spiro atoms. The van der Waals surface area contributed by atoms with Gasteiger partial charge < -0.3 is 20.1 Å². The minimum absolute atomic E-state index is 0.0115. The normalized spacial score (nSPS) is 18.5. The highest BCUT2D eigenvalue weighted by Crippen LogP contribution is 2.38. The number of pyridine rings is 1. The van der Waals surface area contributed by atoms with E-state index in [1.807, 2.05) is 18.2 Å². The van der Waals surface area contributed by atoms with E-state index in [9.17, 15) is 9.59 Å². The number of aromatic nitrogens is 1. The molecule has 2 N–H and O–H groups in total. The maximum Gasteiger partial charge on any atom is 0.309 e. The Labute approximate surface area is 167 Å².